The van der Waals surface area contributed by atoms with Gasteiger partial charge in [0.25, 0.3) is 0 Å². The number of hydrogen-bond acceptors (Lipinski definition) is 3. The first-order valence-corrected chi connectivity index (χ1v) is 6.24. The third-order valence-corrected chi connectivity index (χ3v) is 3.08. The molecule has 0 aliphatic carbocycles. The summed E-state index contributed by atoms with van der Waals surface area (Å²) >= 11 is 0. The Kier molecular flexibility index (Phi) is 3.18. The maximum absolute atomic E-state index is 13.0. The first kappa shape index (κ1) is 12.4. The third-order valence-electron chi connectivity index (χ3n) is 3.08. The average Bonchev–Trinajstić information content (AvgIpc) is 2.98. The number of benzene rings is 1. The van der Waals surface area contributed by atoms with E-state index in [-0.39, 0.29) is 0 Å². The number of hydrogen-bond donors (Lipinski definition) is 0. The molecule has 98 valence electrons. The van der Waals surface area contributed by atoms with Gasteiger partial charge in [-0.2, -0.15) is 5.26 Å². The fraction of sp³-hybridized carbons (Fsp3) is 0.125. The summed E-state index contributed by atoms with van der Waals surface area (Å²) in [5, 5.41) is 8.90. The summed E-state index contributed by atoms with van der Waals surface area (Å²) in [6.45, 7) is 0. The lowest BCUT2D eigenvalue weighted by Gasteiger charge is -2.06. The highest BCUT2D eigenvalue weighted by atomic mass is 19.1. The van der Waals surface area contributed by atoms with Crippen molar-refractivity contribution in [2.45, 2.75) is 12.6 Å². The third kappa shape index (κ3) is 2.39. The number of allylic oxidation sites excluding steroid dienone is 1. The van der Waals surface area contributed by atoms with E-state index in [9.17, 15) is 4.39 Å². The van der Waals surface area contributed by atoms with Crippen LogP contribution in [0.1, 0.15) is 17.5 Å². The van der Waals surface area contributed by atoms with E-state index in [0.29, 0.717) is 23.4 Å². The van der Waals surface area contributed by atoms with Crippen molar-refractivity contribution in [1.82, 2.24) is 0 Å². The molecule has 1 atom stereocenters. The van der Waals surface area contributed by atoms with Gasteiger partial charge in [0.2, 0.25) is 0 Å². The molecule has 3 nitrogen and oxygen atoms in total. The first-order chi connectivity index (χ1) is 9.76. The van der Waals surface area contributed by atoms with Crippen molar-refractivity contribution in [1.29, 1.82) is 5.26 Å². The molecule has 2 aromatic rings. The largest absolute Gasteiger partial charge is 0.464 e. The molecule has 2 heterocycles. The van der Waals surface area contributed by atoms with Crippen LogP contribution in [0, 0.1) is 11.3 Å². The summed E-state index contributed by atoms with van der Waals surface area (Å²) < 4.78 is 18.5. The molecule has 1 aromatic carbocycles. The summed E-state index contributed by atoms with van der Waals surface area (Å²) in [4.78, 5) is 4.07. The van der Waals surface area contributed by atoms with E-state index in [1.165, 1.54) is 6.21 Å². The lowest BCUT2D eigenvalue weighted by molar-refractivity contribution is 0.432. The second-order valence-corrected chi connectivity index (χ2v) is 4.51. The number of nitrogens with zero attached hydrogens (tertiary/aromatic N) is 2. The monoisotopic (exact) mass is 266 g/mol. The fourth-order valence-electron chi connectivity index (χ4n) is 2.06. The predicted octanol–water partition coefficient (Wildman–Crippen LogP) is 3.97. The Morgan fingerprint density at radius 3 is 2.95 bits per heavy atom. The van der Waals surface area contributed by atoms with Crippen LogP contribution in [0.2, 0.25) is 0 Å². The SMILES string of the molecule is N#Cc1cccc(-c2cc(C3=CCC(F)C=N3)co2)c1. The Balaban J connectivity index is 1.91. The molecule has 0 N–H and O–H groups in total. The highest BCUT2D eigenvalue weighted by Gasteiger charge is 2.12. The maximum Gasteiger partial charge on any atom is 0.139 e. The lowest BCUT2D eigenvalue weighted by Crippen LogP contribution is -2.03. The van der Waals surface area contributed by atoms with Crippen molar-refractivity contribution in [3.63, 3.8) is 0 Å². The Hall–Kier alpha value is -2.67. The van der Waals surface area contributed by atoms with Gasteiger partial charge in [0, 0.05) is 23.8 Å². The lowest BCUT2D eigenvalue weighted by atomic mass is 10.1. The smallest absolute Gasteiger partial charge is 0.139 e. The van der Waals surface area contributed by atoms with Crippen LogP contribution in [0.25, 0.3) is 17.0 Å². The molecule has 3 rings (SSSR count). The topological polar surface area (TPSA) is 49.3 Å². The van der Waals surface area contributed by atoms with Gasteiger partial charge in [-0.3, -0.25) is 4.99 Å². The van der Waals surface area contributed by atoms with Crippen molar-refractivity contribution in [2.24, 2.45) is 4.99 Å². The number of alkyl halides is 1. The Morgan fingerprint density at radius 2 is 2.20 bits per heavy atom. The quantitative estimate of drug-likeness (QED) is 0.825. The van der Waals surface area contributed by atoms with Crippen LogP contribution in [-0.4, -0.2) is 12.4 Å². The number of nitriles is 1. The number of furan rings is 1. The molecular weight excluding hydrogens is 255 g/mol. The van der Waals surface area contributed by atoms with E-state index in [1.807, 2.05) is 18.2 Å². The Labute approximate surface area is 115 Å². The summed E-state index contributed by atoms with van der Waals surface area (Å²) in [6.07, 6.45) is 3.99. The van der Waals surface area contributed by atoms with Gasteiger partial charge < -0.3 is 4.42 Å². The Bertz CT molecular complexity index is 737. The molecule has 0 saturated carbocycles. The molecule has 20 heavy (non-hydrogen) atoms. The zero-order valence-corrected chi connectivity index (χ0v) is 10.6. The minimum absolute atomic E-state index is 0.337. The van der Waals surface area contributed by atoms with Crippen molar-refractivity contribution >= 4 is 11.9 Å². The van der Waals surface area contributed by atoms with E-state index in [0.717, 1.165) is 11.1 Å². The number of aliphatic imine (C=N–C) groups is 1. The molecule has 0 spiro atoms. The maximum atomic E-state index is 13.0. The van der Waals surface area contributed by atoms with Crippen LogP contribution in [0.3, 0.4) is 0 Å². The molecule has 1 aliphatic rings. The molecule has 0 amide bonds. The molecule has 0 radical (unpaired) electrons. The van der Waals surface area contributed by atoms with Gasteiger partial charge in [-0.05, 0) is 18.2 Å². The summed E-state index contributed by atoms with van der Waals surface area (Å²) in [6, 6.07) is 11.1. The van der Waals surface area contributed by atoms with Gasteiger partial charge in [-0.1, -0.05) is 18.2 Å². The second kappa shape index (κ2) is 5.14. The zero-order valence-electron chi connectivity index (χ0n) is 10.6. The molecule has 1 aliphatic heterocycles. The molecule has 0 fully saturated rings. The normalized spacial score (nSPS) is 17.6. The van der Waals surface area contributed by atoms with Crippen molar-refractivity contribution in [2.75, 3.05) is 0 Å². The second-order valence-electron chi connectivity index (χ2n) is 4.51. The van der Waals surface area contributed by atoms with E-state index in [2.05, 4.69) is 11.1 Å². The highest BCUT2D eigenvalue weighted by molar-refractivity contribution is 5.80. The van der Waals surface area contributed by atoms with E-state index in [4.69, 9.17) is 9.68 Å². The average molecular weight is 266 g/mol. The van der Waals surface area contributed by atoms with Gasteiger partial charge in [0.15, 0.2) is 0 Å². The van der Waals surface area contributed by atoms with Crippen LogP contribution in [0.5, 0.6) is 0 Å². The van der Waals surface area contributed by atoms with Crippen LogP contribution in [0.4, 0.5) is 4.39 Å². The molecular formula is C16H11FN2O. The number of halogens is 1. The van der Waals surface area contributed by atoms with Crippen LogP contribution >= 0.6 is 0 Å². The predicted molar refractivity (Wildman–Crippen MR) is 74.8 cm³/mol. The number of rotatable bonds is 2. The molecule has 1 aromatic heterocycles. The van der Waals surface area contributed by atoms with Crippen molar-refractivity contribution in [3.05, 3.63) is 53.8 Å². The van der Waals surface area contributed by atoms with E-state index in [1.54, 1.807) is 24.5 Å². The van der Waals surface area contributed by atoms with Crippen LogP contribution in [-0.2, 0) is 0 Å². The van der Waals surface area contributed by atoms with Crippen LogP contribution < -0.4 is 0 Å². The fourth-order valence-corrected chi connectivity index (χ4v) is 2.06. The van der Waals surface area contributed by atoms with E-state index >= 15 is 0 Å². The van der Waals surface area contributed by atoms with Gasteiger partial charge >= 0.3 is 0 Å². The highest BCUT2D eigenvalue weighted by Crippen LogP contribution is 2.28. The molecule has 1 unspecified atom stereocenters. The van der Waals surface area contributed by atoms with Gasteiger partial charge in [0.05, 0.1) is 17.3 Å². The van der Waals surface area contributed by atoms with Crippen LogP contribution in [0.15, 0.2) is 52.1 Å². The van der Waals surface area contributed by atoms with Crippen molar-refractivity contribution in [3.8, 4) is 17.4 Å². The first-order valence-electron chi connectivity index (χ1n) is 6.24. The summed E-state index contributed by atoms with van der Waals surface area (Å²) in [5.74, 6) is 0.663. The Morgan fingerprint density at radius 1 is 1.30 bits per heavy atom. The minimum atomic E-state index is -1.00. The minimum Gasteiger partial charge on any atom is -0.464 e. The van der Waals surface area contributed by atoms with Crippen molar-refractivity contribution < 1.29 is 8.81 Å². The molecule has 0 saturated heterocycles. The van der Waals surface area contributed by atoms with Gasteiger partial charge in [0.1, 0.15) is 18.2 Å². The molecule has 0 bridgehead atoms. The van der Waals surface area contributed by atoms with Gasteiger partial charge in [-0.15, -0.1) is 0 Å². The van der Waals surface area contributed by atoms with E-state index < -0.39 is 6.17 Å². The van der Waals surface area contributed by atoms with Gasteiger partial charge in [-0.25, -0.2) is 4.39 Å². The summed E-state index contributed by atoms with van der Waals surface area (Å²) in [5.41, 5.74) is 2.94. The summed E-state index contributed by atoms with van der Waals surface area (Å²) in [7, 11) is 0. The standard InChI is InChI=1S/C16H11FN2O/c17-14-4-5-15(19-9-14)13-7-16(20-10-13)12-3-1-2-11(6-12)8-18/h1-3,5-7,9-10,14H,4H2. The molecule has 4 heteroatoms. The zero-order chi connectivity index (χ0) is 13.9.